The molecule has 0 spiro atoms. The molecule has 0 aliphatic rings. The molecule has 2 aromatic carbocycles. The quantitative estimate of drug-likeness (QED) is 0.887. The Morgan fingerprint density at radius 3 is 2.55 bits per heavy atom. The first kappa shape index (κ1) is 16.0. The molecule has 0 aliphatic carbocycles. The molecule has 0 bridgehead atoms. The molecular formula is C16H14ClFN2O2. The van der Waals surface area contributed by atoms with Crippen LogP contribution in [-0.4, -0.2) is 17.9 Å². The van der Waals surface area contributed by atoms with Gasteiger partial charge in [0.1, 0.15) is 11.9 Å². The smallest absolute Gasteiger partial charge is 0.252 e. The van der Waals surface area contributed by atoms with Crippen molar-refractivity contribution in [2.24, 2.45) is 5.73 Å². The number of amides is 2. The van der Waals surface area contributed by atoms with Gasteiger partial charge < -0.3 is 11.1 Å². The van der Waals surface area contributed by atoms with Crippen molar-refractivity contribution in [1.82, 2.24) is 5.32 Å². The van der Waals surface area contributed by atoms with Crippen molar-refractivity contribution in [2.75, 3.05) is 0 Å². The number of carbonyl (C=O) groups is 2. The van der Waals surface area contributed by atoms with Crippen molar-refractivity contribution in [3.8, 4) is 0 Å². The Hall–Kier alpha value is -2.40. The van der Waals surface area contributed by atoms with Gasteiger partial charge in [0.2, 0.25) is 5.91 Å². The average Bonchev–Trinajstić information content (AvgIpc) is 2.48. The van der Waals surface area contributed by atoms with Crippen LogP contribution in [0.15, 0.2) is 48.5 Å². The Bertz CT molecular complexity index is 706. The maximum absolute atomic E-state index is 13.1. The lowest BCUT2D eigenvalue weighted by Crippen LogP contribution is -2.45. The molecular weight excluding hydrogens is 307 g/mol. The largest absolute Gasteiger partial charge is 0.368 e. The topological polar surface area (TPSA) is 72.2 Å². The lowest BCUT2D eigenvalue weighted by Gasteiger charge is -2.16. The van der Waals surface area contributed by atoms with Crippen LogP contribution in [-0.2, 0) is 11.2 Å². The number of hydrogen-bond acceptors (Lipinski definition) is 2. The SMILES string of the molecule is NC(=O)[C@@H](Cc1ccccc1Cl)NC(=O)c1cccc(F)c1. The summed E-state index contributed by atoms with van der Waals surface area (Å²) in [5.74, 6) is -1.80. The lowest BCUT2D eigenvalue weighted by molar-refractivity contribution is -0.119. The third-order valence-corrected chi connectivity index (χ3v) is 3.49. The highest BCUT2D eigenvalue weighted by Gasteiger charge is 2.20. The van der Waals surface area contributed by atoms with Gasteiger partial charge in [0.25, 0.3) is 5.91 Å². The zero-order valence-electron chi connectivity index (χ0n) is 11.6. The maximum atomic E-state index is 13.1. The molecule has 0 unspecified atom stereocenters. The van der Waals surface area contributed by atoms with E-state index < -0.39 is 23.7 Å². The van der Waals surface area contributed by atoms with E-state index in [0.717, 1.165) is 6.07 Å². The third kappa shape index (κ3) is 4.05. The van der Waals surface area contributed by atoms with Gasteiger partial charge in [-0.1, -0.05) is 35.9 Å². The predicted molar refractivity (Wildman–Crippen MR) is 82.0 cm³/mol. The van der Waals surface area contributed by atoms with Crippen LogP contribution in [0.5, 0.6) is 0 Å². The predicted octanol–water partition coefficient (Wildman–Crippen LogP) is 2.31. The molecule has 0 fully saturated rings. The van der Waals surface area contributed by atoms with Crippen LogP contribution in [0.2, 0.25) is 5.02 Å². The van der Waals surface area contributed by atoms with Gasteiger partial charge in [-0.25, -0.2) is 4.39 Å². The Balaban J connectivity index is 2.14. The van der Waals surface area contributed by atoms with Gasteiger partial charge in [-0.2, -0.15) is 0 Å². The van der Waals surface area contributed by atoms with Gasteiger partial charge in [0.15, 0.2) is 0 Å². The maximum Gasteiger partial charge on any atom is 0.252 e. The van der Waals surface area contributed by atoms with Crippen LogP contribution < -0.4 is 11.1 Å². The van der Waals surface area contributed by atoms with Gasteiger partial charge in [0, 0.05) is 17.0 Å². The first-order chi connectivity index (χ1) is 10.5. The molecule has 0 heterocycles. The van der Waals surface area contributed by atoms with Crippen molar-refractivity contribution in [1.29, 1.82) is 0 Å². The Morgan fingerprint density at radius 2 is 1.91 bits per heavy atom. The molecule has 6 heteroatoms. The normalized spacial score (nSPS) is 11.7. The van der Waals surface area contributed by atoms with Crippen molar-refractivity contribution >= 4 is 23.4 Å². The van der Waals surface area contributed by atoms with Crippen LogP contribution in [0.25, 0.3) is 0 Å². The van der Waals surface area contributed by atoms with E-state index in [1.807, 2.05) is 0 Å². The number of rotatable bonds is 5. The summed E-state index contributed by atoms with van der Waals surface area (Å²) in [5.41, 5.74) is 6.12. The van der Waals surface area contributed by atoms with Gasteiger partial charge in [-0.05, 0) is 29.8 Å². The van der Waals surface area contributed by atoms with Crippen LogP contribution in [0.4, 0.5) is 4.39 Å². The fraction of sp³-hybridized carbons (Fsp3) is 0.125. The number of hydrogen-bond donors (Lipinski definition) is 2. The molecule has 2 aromatic rings. The van der Waals surface area contributed by atoms with E-state index in [-0.39, 0.29) is 12.0 Å². The van der Waals surface area contributed by atoms with E-state index in [9.17, 15) is 14.0 Å². The monoisotopic (exact) mass is 320 g/mol. The zero-order chi connectivity index (χ0) is 16.1. The third-order valence-electron chi connectivity index (χ3n) is 3.12. The highest BCUT2D eigenvalue weighted by molar-refractivity contribution is 6.31. The fourth-order valence-corrected chi connectivity index (χ4v) is 2.19. The van der Waals surface area contributed by atoms with E-state index in [0.29, 0.717) is 10.6 Å². The second-order valence-corrected chi connectivity index (χ2v) is 5.14. The van der Waals surface area contributed by atoms with Gasteiger partial charge in [-0.3, -0.25) is 9.59 Å². The fourth-order valence-electron chi connectivity index (χ4n) is 1.98. The van der Waals surface area contributed by atoms with Gasteiger partial charge in [-0.15, -0.1) is 0 Å². The van der Waals surface area contributed by atoms with Gasteiger partial charge >= 0.3 is 0 Å². The molecule has 3 N–H and O–H groups in total. The Morgan fingerprint density at radius 1 is 1.18 bits per heavy atom. The highest BCUT2D eigenvalue weighted by atomic mass is 35.5. The number of nitrogens with two attached hydrogens (primary N) is 1. The number of carbonyl (C=O) groups excluding carboxylic acids is 2. The van der Waals surface area contributed by atoms with Crippen molar-refractivity contribution in [3.63, 3.8) is 0 Å². The molecule has 0 radical (unpaired) electrons. The molecule has 0 saturated carbocycles. The second-order valence-electron chi connectivity index (χ2n) is 4.73. The van der Waals surface area contributed by atoms with Crippen LogP contribution in [0.1, 0.15) is 15.9 Å². The summed E-state index contributed by atoms with van der Waals surface area (Å²) < 4.78 is 13.1. The summed E-state index contributed by atoms with van der Waals surface area (Å²) in [6.07, 6.45) is 0.163. The number of benzene rings is 2. The molecule has 114 valence electrons. The Kier molecular flexibility index (Phi) is 5.12. The van der Waals surface area contributed by atoms with E-state index in [1.54, 1.807) is 24.3 Å². The number of primary amides is 1. The van der Waals surface area contributed by atoms with E-state index >= 15 is 0 Å². The van der Waals surface area contributed by atoms with E-state index in [1.165, 1.54) is 18.2 Å². The molecule has 2 amide bonds. The highest BCUT2D eigenvalue weighted by Crippen LogP contribution is 2.17. The van der Waals surface area contributed by atoms with E-state index in [2.05, 4.69) is 5.32 Å². The summed E-state index contributed by atoms with van der Waals surface area (Å²) in [6, 6.07) is 11.2. The summed E-state index contributed by atoms with van der Waals surface area (Å²) in [4.78, 5) is 23.6. The molecule has 1 atom stereocenters. The summed E-state index contributed by atoms with van der Waals surface area (Å²) >= 11 is 6.03. The second kappa shape index (κ2) is 7.04. The van der Waals surface area contributed by atoms with Crippen molar-refractivity contribution in [2.45, 2.75) is 12.5 Å². The molecule has 0 aliphatic heterocycles. The van der Waals surface area contributed by atoms with Gasteiger partial charge in [0.05, 0.1) is 0 Å². The van der Waals surface area contributed by atoms with E-state index in [4.69, 9.17) is 17.3 Å². The van der Waals surface area contributed by atoms with Crippen LogP contribution in [0, 0.1) is 5.82 Å². The minimum Gasteiger partial charge on any atom is -0.368 e. The molecule has 0 saturated heterocycles. The lowest BCUT2D eigenvalue weighted by atomic mass is 10.0. The van der Waals surface area contributed by atoms with Crippen LogP contribution >= 0.6 is 11.6 Å². The summed E-state index contributed by atoms with van der Waals surface area (Å²) in [5, 5.41) is 2.98. The van der Waals surface area contributed by atoms with Crippen molar-refractivity contribution in [3.05, 3.63) is 70.5 Å². The minimum atomic E-state index is -0.935. The average molecular weight is 321 g/mol. The first-order valence-electron chi connectivity index (χ1n) is 6.56. The standard InChI is InChI=1S/C16H14ClFN2O2/c17-13-7-2-1-4-10(13)9-14(15(19)21)20-16(22)11-5-3-6-12(18)8-11/h1-8,14H,9H2,(H2,19,21)(H,20,22)/t14-/m1/s1. The minimum absolute atomic E-state index is 0.116. The summed E-state index contributed by atoms with van der Waals surface area (Å²) in [7, 11) is 0. The van der Waals surface area contributed by atoms with Crippen LogP contribution in [0.3, 0.4) is 0 Å². The molecule has 0 aromatic heterocycles. The Labute approximate surface area is 132 Å². The first-order valence-corrected chi connectivity index (χ1v) is 6.94. The number of halogens is 2. The molecule has 2 rings (SSSR count). The van der Waals surface area contributed by atoms with Crippen molar-refractivity contribution < 1.29 is 14.0 Å². The summed E-state index contributed by atoms with van der Waals surface area (Å²) in [6.45, 7) is 0. The molecule has 22 heavy (non-hydrogen) atoms. The molecule has 4 nitrogen and oxygen atoms in total. The zero-order valence-corrected chi connectivity index (χ0v) is 12.3. The number of nitrogens with one attached hydrogen (secondary N) is 1.